The van der Waals surface area contributed by atoms with Gasteiger partial charge in [-0.25, -0.2) is 9.18 Å². The van der Waals surface area contributed by atoms with Gasteiger partial charge in [-0.15, -0.1) is 0 Å². The van der Waals surface area contributed by atoms with Crippen LogP contribution in [-0.2, 0) is 4.79 Å². The first-order valence-electron chi connectivity index (χ1n) is 6.34. The number of carbonyl (C=O) groups excluding carboxylic acids is 2. The van der Waals surface area contributed by atoms with E-state index in [1.807, 2.05) is 0 Å². The van der Waals surface area contributed by atoms with E-state index in [9.17, 15) is 14.0 Å². The van der Waals surface area contributed by atoms with E-state index in [0.29, 0.717) is 18.8 Å². The maximum Gasteiger partial charge on any atom is 0.319 e. The van der Waals surface area contributed by atoms with Crippen molar-refractivity contribution in [2.75, 3.05) is 18.4 Å². The summed E-state index contributed by atoms with van der Waals surface area (Å²) in [6.07, 6.45) is 1.90. The second kappa shape index (κ2) is 6.56. The molecule has 3 amide bonds. The molecule has 0 saturated heterocycles. The molecule has 0 radical (unpaired) electrons. The van der Waals surface area contributed by atoms with Crippen molar-refractivity contribution in [1.29, 1.82) is 0 Å². The van der Waals surface area contributed by atoms with Crippen molar-refractivity contribution in [1.82, 2.24) is 10.6 Å². The molecule has 0 unspecified atom stereocenters. The first kappa shape index (κ1) is 14.6. The summed E-state index contributed by atoms with van der Waals surface area (Å²) in [6.45, 7) is 0.701. The number of nitrogens with one attached hydrogen (secondary N) is 3. The fraction of sp³-hybridized carbons (Fsp3) is 0.385. The standard InChI is InChI=1S/C13H15ClFN3O2/c14-10-7-9(3-4-11(10)15)18-13(20)17-6-5-16-12(19)8-1-2-8/h3-4,7-8H,1-2,5-6H2,(H,16,19)(H2,17,18,20). The molecule has 1 fully saturated rings. The first-order valence-corrected chi connectivity index (χ1v) is 6.71. The summed E-state index contributed by atoms with van der Waals surface area (Å²) < 4.78 is 12.9. The number of benzene rings is 1. The fourth-order valence-corrected chi connectivity index (χ4v) is 1.78. The van der Waals surface area contributed by atoms with Gasteiger partial charge in [0.1, 0.15) is 5.82 Å². The monoisotopic (exact) mass is 299 g/mol. The molecule has 1 aliphatic rings. The third-order valence-electron chi connectivity index (χ3n) is 2.84. The lowest BCUT2D eigenvalue weighted by Gasteiger charge is -2.08. The average Bonchev–Trinajstić information content (AvgIpc) is 3.23. The highest BCUT2D eigenvalue weighted by Crippen LogP contribution is 2.28. The Kier molecular flexibility index (Phi) is 4.79. The molecule has 1 aliphatic carbocycles. The first-order chi connectivity index (χ1) is 9.56. The maximum atomic E-state index is 12.9. The molecule has 0 bridgehead atoms. The SMILES string of the molecule is O=C(NCCNC(=O)C1CC1)Nc1ccc(F)c(Cl)c1. The molecule has 0 aliphatic heterocycles. The summed E-state index contributed by atoms with van der Waals surface area (Å²) in [6, 6.07) is 3.47. The van der Waals surface area contributed by atoms with E-state index in [4.69, 9.17) is 11.6 Å². The average molecular weight is 300 g/mol. The molecule has 7 heteroatoms. The van der Waals surface area contributed by atoms with Crippen LogP contribution in [-0.4, -0.2) is 25.0 Å². The highest BCUT2D eigenvalue weighted by Gasteiger charge is 2.28. The molecule has 2 rings (SSSR count). The number of amides is 3. The Hall–Kier alpha value is -1.82. The molecule has 108 valence electrons. The minimum Gasteiger partial charge on any atom is -0.354 e. The van der Waals surface area contributed by atoms with Crippen molar-refractivity contribution >= 4 is 29.2 Å². The van der Waals surface area contributed by atoms with E-state index in [1.54, 1.807) is 0 Å². The number of carbonyl (C=O) groups is 2. The van der Waals surface area contributed by atoms with Crippen LogP contribution in [0.15, 0.2) is 18.2 Å². The zero-order valence-corrected chi connectivity index (χ0v) is 11.5. The molecular formula is C13H15ClFN3O2. The Morgan fingerprint density at radius 3 is 2.60 bits per heavy atom. The van der Waals surface area contributed by atoms with E-state index in [-0.39, 0.29) is 16.8 Å². The summed E-state index contributed by atoms with van der Waals surface area (Å²) in [5.41, 5.74) is 0.399. The normalized spacial score (nSPS) is 13.7. The van der Waals surface area contributed by atoms with Crippen LogP contribution in [0.3, 0.4) is 0 Å². The fourth-order valence-electron chi connectivity index (χ4n) is 1.60. The predicted octanol–water partition coefficient (Wildman–Crippen LogP) is 2.13. The van der Waals surface area contributed by atoms with Crippen LogP contribution < -0.4 is 16.0 Å². The van der Waals surface area contributed by atoms with Gasteiger partial charge in [-0.2, -0.15) is 0 Å². The van der Waals surface area contributed by atoms with Crippen LogP contribution in [0.1, 0.15) is 12.8 Å². The number of urea groups is 1. The van der Waals surface area contributed by atoms with Gasteiger partial charge in [-0.1, -0.05) is 11.6 Å². The summed E-state index contributed by atoms with van der Waals surface area (Å²) in [5, 5.41) is 7.77. The Morgan fingerprint density at radius 1 is 1.25 bits per heavy atom. The predicted molar refractivity (Wildman–Crippen MR) is 74.2 cm³/mol. The molecule has 1 aromatic rings. The maximum absolute atomic E-state index is 12.9. The van der Waals surface area contributed by atoms with Crippen LogP contribution >= 0.6 is 11.6 Å². The smallest absolute Gasteiger partial charge is 0.319 e. The molecule has 1 aromatic carbocycles. The second-order valence-corrected chi connectivity index (χ2v) is 4.98. The van der Waals surface area contributed by atoms with E-state index in [2.05, 4.69) is 16.0 Å². The lowest BCUT2D eigenvalue weighted by molar-refractivity contribution is -0.122. The Morgan fingerprint density at radius 2 is 1.95 bits per heavy atom. The molecule has 0 spiro atoms. The third kappa shape index (κ3) is 4.38. The van der Waals surface area contributed by atoms with Gasteiger partial charge in [0.2, 0.25) is 5.91 Å². The largest absolute Gasteiger partial charge is 0.354 e. The highest BCUT2D eigenvalue weighted by atomic mass is 35.5. The lowest BCUT2D eigenvalue weighted by Crippen LogP contribution is -2.37. The molecule has 1 saturated carbocycles. The van der Waals surface area contributed by atoms with Crippen LogP contribution in [0.2, 0.25) is 5.02 Å². The Bertz CT molecular complexity index is 520. The minimum absolute atomic E-state index is 0.0394. The van der Waals surface area contributed by atoms with Crippen LogP contribution in [0.4, 0.5) is 14.9 Å². The molecule has 20 heavy (non-hydrogen) atoms. The van der Waals surface area contributed by atoms with Gasteiger partial charge in [-0.3, -0.25) is 4.79 Å². The molecule has 0 heterocycles. The van der Waals surface area contributed by atoms with Crippen molar-refractivity contribution in [3.63, 3.8) is 0 Å². The van der Waals surface area contributed by atoms with Crippen molar-refractivity contribution in [3.05, 3.63) is 29.0 Å². The summed E-state index contributed by atoms with van der Waals surface area (Å²) in [4.78, 5) is 22.8. The second-order valence-electron chi connectivity index (χ2n) is 4.58. The van der Waals surface area contributed by atoms with Crippen molar-refractivity contribution in [3.8, 4) is 0 Å². The number of anilines is 1. The highest BCUT2D eigenvalue weighted by molar-refractivity contribution is 6.31. The number of rotatable bonds is 5. The van der Waals surface area contributed by atoms with E-state index in [0.717, 1.165) is 12.8 Å². The zero-order valence-electron chi connectivity index (χ0n) is 10.7. The summed E-state index contributed by atoms with van der Waals surface area (Å²) >= 11 is 5.60. The van der Waals surface area contributed by atoms with E-state index < -0.39 is 11.8 Å². The molecule has 0 atom stereocenters. The van der Waals surface area contributed by atoms with Crippen molar-refractivity contribution < 1.29 is 14.0 Å². The van der Waals surface area contributed by atoms with Gasteiger partial charge in [0, 0.05) is 24.7 Å². The zero-order chi connectivity index (χ0) is 14.5. The third-order valence-corrected chi connectivity index (χ3v) is 3.13. The Balaban J connectivity index is 1.66. The quantitative estimate of drug-likeness (QED) is 0.729. The van der Waals surface area contributed by atoms with E-state index >= 15 is 0 Å². The van der Waals surface area contributed by atoms with Crippen LogP contribution in [0.5, 0.6) is 0 Å². The molecular weight excluding hydrogens is 285 g/mol. The van der Waals surface area contributed by atoms with Crippen molar-refractivity contribution in [2.24, 2.45) is 5.92 Å². The van der Waals surface area contributed by atoms with E-state index in [1.165, 1.54) is 18.2 Å². The van der Waals surface area contributed by atoms with Gasteiger partial charge in [-0.05, 0) is 31.0 Å². The lowest BCUT2D eigenvalue weighted by atomic mass is 10.3. The van der Waals surface area contributed by atoms with Crippen LogP contribution in [0.25, 0.3) is 0 Å². The Labute approximate surface area is 120 Å². The summed E-state index contributed by atoms with van der Waals surface area (Å²) in [7, 11) is 0. The van der Waals surface area contributed by atoms with Gasteiger partial charge < -0.3 is 16.0 Å². The van der Waals surface area contributed by atoms with Gasteiger partial charge in [0.25, 0.3) is 0 Å². The number of halogens is 2. The minimum atomic E-state index is -0.541. The molecule has 3 N–H and O–H groups in total. The molecule has 0 aromatic heterocycles. The number of hydrogen-bond donors (Lipinski definition) is 3. The number of hydrogen-bond acceptors (Lipinski definition) is 2. The molecule has 5 nitrogen and oxygen atoms in total. The van der Waals surface area contributed by atoms with Crippen LogP contribution in [0, 0.1) is 11.7 Å². The summed E-state index contributed by atoms with van der Waals surface area (Å²) in [5.74, 6) is -0.344. The van der Waals surface area contributed by atoms with Gasteiger partial charge in [0.05, 0.1) is 5.02 Å². The van der Waals surface area contributed by atoms with Crippen molar-refractivity contribution in [2.45, 2.75) is 12.8 Å². The van der Waals surface area contributed by atoms with Gasteiger partial charge in [0.15, 0.2) is 0 Å². The topological polar surface area (TPSA) is 70.2 Å². The van der Waals surface area contributed by atoms with Gasteiger partial charge >= 0.3 is 6.03 Å².